The summed E-state index contributed by atoms with van der Waals surface area (Å²) in [5.41, 5.74) is 11.2. The Kier molecular flexibility index (Phi) is 7.78. The predicted octanol–water partition coefficient (Wildman–Crippen LogP) is 16.1. The van der Waals surface area contributed by atoms with Crippen LogP contribution in [0.3, 0.4) is 0 Å². The molecular formula is C58H35N3S. The first-order chi connectivity index (χ1) is 30.7. The van der Waals surface area contributed by atoms with Gasteiger partial charge in [-0.05, 0) is 115 Å². The SMILES string of the molecule is c1ccc(-c2cc(-c3ccccc3)cc(-n3c4ccccc4c4cc(-c5ccnc(-c6ccc7c(c6)sc6cc8c9ccccc9c9ccccc9c8cc67)n5)ccc43)c2)cc1. The second-order valence-electron chi connectivity index (χ2n) is 16.1. The molecule has 0 atom stereocenters. The summed E-state index contributed by atoms with van der Waals surface area (Å²) >= 11 is 1.84. The van der Waals surface area contributed by atoms with Crippen molar-refractivity contribution in [2.45, 2.75) is 0 Å². The predicted molar refractivity (Wildman–Crippen MR) is 264 cm³/mol. The molecule has 3 nitrogen and oxygen atoms in total. The average Bonchev–Trinajstić information content (AvgIpc) is 3.88. The summed E-state index contributed by atoms with van der Waals surface area (Å²) in [5, 5.41) is 12.7. The van der Waals surface area contributed by atoms with E-state index in [-0.39, 0.29) is 0 Å². The zero-order chi connectivity index (χ0) is 40.7. The summed E-state index contributed by atoms with van der Waals surface area (Å²) in [5.74, 6) is 0.720. The van der Waals surface area contributed by atoms with Crippen molar-refractivity contribution in [2.24, 2.45) is 0 Å². The minimum atomic E-state index is 0.720. The number of hydrogen-bond donors (Lipinski definition) is 0. The molecule has 0 saturated carbocycles. The number of nitrogens with zero attached hydrogens (tertiary/aromatic N) is 3. The topological polar surface area (TPSA) is 30.7 Å². The molecule has 10 aromatic carbocycles. The normalized spacial score (nSPS) is 11.9. The first-order valence-electron chi connectivity index (χ1n) is 21.0. The Morgan fingerprint density at radius 3 is 1.58 bits per heavy atom. The van der Waals surface area contributed by atoms with Crippen LogP contribution < -0.4 is 0 Å². The van der Waals surface area contributed by atoms with Crippen LogP contribution in [-0.4, -0.2) is 14.5 Å². The summed E-state index contributed by atoms with van der Waals surface area (Å²) in [4.78, 5) is 10.0. The van der Waals surface area contributed by atoms with E-state index < -0.39 is 0 Å². The van der Waals surface area contributed by atoms with Crippen LogP contribution in [0.1, 0.15) is 0 Å². The fraction of sp³-hybridized carbons (Fsp3) is 0. The van der Waals surface area contributed by atoms with Crippen LogP contribution >= 0.6 is 11.3 Å². The third-order valence-corrected chi connectivity index (χ3v) is 13.7. The van der Waals surface area contributed by atoms with E-state index in [9.17, 15) is 0 Å². The van der Waals surface area contributed by atoms with E-state index in [1.54, 1.807) is 0 Å². The standard InChI is InChI=1S/C58H35N3S/c1-3-13-36(14-4-1)40-29-41(37-15-5-2-6-16-37)31-42(30-40)61-54-22-12-11-21-47(54)51-32-38(24-26-55(51)61)53-27-28-59-58(60-53)39-23-25-48-52-34-49-45-19-9-7-17-43(45)44-18-8-10-20-46(44)50(49)35-57(52)62-56(48)33-39/h1-35H. The van der Waals surface area contributed by atoms with Gasteiger partial charge in [0, 0.05) is 54.0 Å². The second kappa shape index (κ2) is 13.8. The van der Waals surface area contributed by atoms with Gasteiger partial charge in [0.25, 0.3) is 0 Å². The maximum absolute atomic E-state index is 5.22. The summed E-state index contributed by atoms with van der Waals surface area (Å²) in [6, 6.07) is 74.9. The van der Waals surface area contributed by atoms with Gasteiger partial charge in [-0.2, -0.15) is 0 Å². The molecule has 3 aromatic heterocycles. The number of fused-ring (bicyclic) bond motifs is 12. The van der Waals surface area contributed by atoms with Crippen molar-refractivity contribution < 1.29 is 0 Å². The van der Waals surface area contributed by atoms with Crippen molar-refractivity contribution in [3.63, 3.8) is 0 Å². The fourth-order valence-corrected chi connectivity index (χ4v) is 10.9. The second-order valence-corrected chi connectivity index (χ2v) is 17.2. The molecule has 0 aliphatic rings. The van der Waals surface area contributed by atoms with Crippen molar-refractivity contribution in [1.29, 1.82) is 0 Å². The Hall–Kier alpha value is -7.92. The molecule has 0 fully saturated rings. The first kappa shape index (κ1) is 34.9. The van der Waals surface area contributed by atoms with Gasteiger partial charge in [-0.25, -0.2) is 9.97 Å². The third kappa shape index (κ3) is 5.51. The van der Waals surface area contributed by atoms with Gasteiger partial charge in [0.05, 0.1) is 16.7 Å². The van der Waals surface area contributed by atoms with Gasteiger partial charge in [0.1, 0.15) is 0 Å². The van der Waals surface area contributed by atoms with Gasteiger partial charge in [-0.1, -0.05) is 146 Å². The summed E-state index contributed by atoms with van der Waals surface area (Å²) in [6.07, 6.45) is 1.89. The zero-order valence-corrected chi connectivity index (χ0v) is 34.3. The third-order valence-electron chi connectivity index (χ3n) is 12.6. The van der Waals surface area contributed by atoms with Crippen LogP contribution in [0.15, 0.2) is 212 Å². The van der Waals surface area contributed by atoms with Crippen LogP contribution in [0.2, 0.25) is 0 Å². The number of aromatic nitrogens is 3. The Morgan fingerprint density at radius 1 is 0.323 bits per heavy atom. The van der Waals surface area contributed by atoms with Crippen LogP contribution in [-0.2, 0) is 0 Å². The van der Waals surface area contributed by atoms with E-state index in [1.165, 1.54) is 85.5 Å². The van der Waals surface area contributed by atoms with E-state index in [0.717, 1.165) is 39.4 Å². The summed E-state index contributed by atoms with van der Waals surface area (Å²) < 4.78 is 4.93. The zero-order valence-electron chi connectivity index (χ0n) is 33.5. The maximum atomic E-state index is 5.22. The van der Waals surface area contributed by atoms with Gasteiger partial charge in [0.15, 0.2) is 5.82 Å². The lowest BCUT2D eigenvalue weighted by Gasteiger charge is -2.14. The minimum absolute atomic E-state index is 0.720. The van der Waals surface area contributed by atoms with Crippen LogP contribution in [0.4, 0.5) is 0 Å². The Morgan fingerprint density at radius 2 is 0.887 bits per heavy atom. The lowest BCUT2D eigenvalue weighted by atomic mass is 9.93. The minimum Gasteiger partial charge on any atom is -0.309 e. The molecule has 4 heteroatoms. The number of benzene rings is 10. The Labute approximate surface area is 361 Å². The molecule has 3 heterocycles. The molecule has 0 amide bonds. The molecule has 0 bridgehead atoms. The fourth-order valence-electron chi connectivity index (χ4n) is 9.72. The molecule has 0 N–H and O–H groups in total. The smallest absolute Gasteiger partial charge is 0.159 e. The molecule has 13 rings (SSSR count). The highest BCUT2D eigenvalue weighted by atomic mass is 32.1. The molecule has 0 aliphatic heterocycles. The van der Waals surface area contributed by atoms with Crippen LogP contribution in [0, 0.1) is 0 Å². The van der Waals surface area contributed by atoms with E-state index >= 15 is 0 Å². The van der Waals surface area contributed by atoms with Crippen molar-refractivity contribution in [3.05, 3.63) is 212 Å². The largest absolute Gasteiger partial charge is 0.309 e. The van der Waals surface area contributed by atoms with Gasteiger partial charge in [-0.15, -0.1) is 11.3 Å². The molecule has 0 spiro atoms. The van der Waals surface area contributed by atoms with Crippen molar-refractivity contribution in [2.75, 3.05) is 0 Å². The Balaban J connectivity index is 0.920. The van der Waals surface area contributed by atoms with Crippen molar-refractivity contribution in [3.8, 4) is 50.6 Å². The van der Waals surface area contributed by atoms with E-state index in [1.807, 2.05) is 23.6 Å². The molecule has 62 heavy (non-hydrogen) atoms. The Bertz CT molecular complexity index is 3860. The monoisotopic (exact) mass is 805 g/mol. The highest BCUT2D eigenvalue weighted by Crippen LogP contribution is 2.43. The van der Waals surface area contributed by atoms with E-state index in [0.29, 0.717) is 0 Å². The van der Waals surface area contributed by atoms with Gasteiger partial charge in [0.2, 0.25) is 0 Å². The summed E-state index contributed by atoms with van der Waals surface area (Å²) in [7, 11) is 0. The molecule has 0 unspecified atom stereocenters. The lowest BCUT2D eigenvalue weighted by Crippen LogP contribution is -1.96. The highest BCUT2D eigenvalue weighted by molar-refractivity contribution is 7.26. The highest BCUT2D eigenvalue weighted by Gasteiger charge is 2.18. The molecule has 13 aromatic rings. The molecule has 0 aliphatic carbocycles. The van der Waals surface area contributed by atoms with Gasteiger partial charge in [-0.3, -0.25) is 0 Å². The van der Waals surface area contributed by atoms with Crippen molar-refractivity contribution >= 4 is 85.6 Å². The molecule has 0 radical (unpaired) electrons. The van der Waals surface area contributed by atoms with Gasteiger partial charge < -0.3 is 4.57 Å². The molecule has 288 valence electrons. The number of para-hydroxylation sites is 1. The average molecular weight is 806 g/mol. The van der Waals surface area contributed by atoms with Gasteiger partial charge >= 0.3 is 0 Å². The van der Waals surface area contributed by atoms with Crippen molar-refractivity contribution in [1.82, 2.24) is 14.5 Å². The summed E-state index contributed by atoms with van der Waals surface area (Å²) in [6.45, 7) is 0. The maximum Gasteiger partial charge on any atom is 0.159 e. The number of thiophene rings is 1. The van der Waals surface area contributed by atoms with E-state index in [2.05, 4.69) is 205 Å². The number of rotatable bonds is 5. The molecular weight excluding hydrogens is 771 g/mol. The number of hydrogen-bond acceptors (Lipinski definition) is 3. The van der Waals surface area contributed by atoms with E-state index in [4.69, 9.17) is 9.97 Å². The van der Waals surface area contributed by atoms with Crippen LogP contribution in [0.5, 0.6) is 0 Å². The quantitative estimate of drug-likeness (QED) is 0.162. The molecule has 0 saturated heterocycles. The van der Waals surface area contributed by atoms with Crippen LogP contribution in [0.25, 0.3) is 125 Å². The lowest BCUT2D eigenvalue weighted by molar-refractivity contribution is 1.18. The first-order valence-corrected chi connectivity index (χ1v) is 21.9.